The van der Waals surface area contributed by atoms with Gasteiger partial charge in [-0.15, -0.1) is 0 Å². The minimum absolute atomic E-state index is 0.0372. The average molecular weight is 405 g/mol. The molecule has 1 amide bonds. The van der Waals surface area contributed by atoms with Crippen molar-refractivity contribution in [2.45, 2.75) is 25.8 Å². The Bertz CT molecular complexity index is 1160. The largest absolute Gasteiger partial charge is 0.457 e. The van der Waals surface area contributed by atoms with Crippen LogP contribution in [-0.2, 0) is 0 Å². The normalized spacial score (nSPS) is 14.5. The highest BCUT2D eigenvalue weighted by atomic mass is 16.5. The zero-order valence-electron chi connectivity index (χ0n) is 16.7. The number of nitrogens with one attached hydrogen (secondary N) is 1. The average Bonchev–Trinajstić information content (AvgIpc) is 2.77. The molecule has 1 aromatic heterocycles. The molecule has 0 unspecified atom stereocenters. The Balaban J connectivity index is 1.43. The van der Waals surface area contributed by atoms with E-state index < -0.39 is 5.69 Å². The second-order valence-corrected chi connectivity index (χ2v) is 7.44. The Morgan fingerprint density at radius 2 is 1.70 bits per heavy atom. The van der Waals surface area contributed by atoms with E-state index in [1.165, 1.54) is 0 Å². The number of carbonyl (C=O) groups is 1. The number of ether oxygens (including phenoxy) is 1. The fourth-order valence-corrected chi connectivity index (χ4v) is 3.70. The van der Waals surface area contributed by atoms with Gasteiger partial charge in [-0.3, -0.25) is 19.1 Å². The number of amides is 1. The number of para-hydroxylation sites is 1. The molecule has 0 saturated carbocycles. The fourth-order valence-electron chi connectivity index (χ4n) is 3.70. The molecule has 1 N–H and O–H groups in total. The molecular weight excluding hydrogens is 382 g/mol. The summed E-state index contributed by atoms with van der Waals surface area (Å²) in [5, 5.41) is 0. The summed E-state index contributed by atoms with van der Waals surface area (Å²) < 4.78 is 7.40. The van der Waals surface area contributed by atoms with E-state index >= 15 is 0 Å². The summed E-state index contributed by atoms with van der Waals surface area (Å²) in [5.41, 5.74) is 0.310. The first kappa shape index (κ1) is 19.7. The molecule has 0 aliphatic carbocycles. The van der Waals surface area contributed by atoms with Crippen molar-refractivity contribution >= 4 is 5.91 Å². The van der Waals surface area contributed by atoms with E-state index in [1.54, 1.807) is 40.8 Å². The Hall–Kier alpha value is -3.61. The van der Waals surface area contributed by atoms with Crippen molar-refractivity contribution < 1.29 is 9.53 Å². The third kappa shape index (κ3) is 4.20. The highest BCUT2D eigenvalue weighted by molar-refractivity contribution is 5.94. The van der Waals surface area contributed by atoms with E-state index in [4.69, 9.17) is 4.74 Å². The number of aryl methyl sites for hydroxylation is 1. The lowest BCUT2D eigenvalue weighted by atomic mass is 10.0. The van der Waals surface area contributed by atoms with Crippen LogP contribution in [0.4, 0.5) is 0 Å². The predicted molar refractivity (Wildman–Crippen MR) is 113 cm³/mol. The third-order valence-electron chi connectivity index (χ3n) is 5.35. The Kier molecular flexibility index (Phi) is 5.52. The van der Waals surface area contributed by atoms with E-state index in [9.17, 15) is 14.4 Å². The number of piperidine rings is 1. The molecule has 4 rings (SSSR count). The van der Waals surface area contributed by atoms with Crippen molar-refractivity contribution in [1.29, 1.82) is 0 Å². The first-order valence-electron chi connectivity index (χ1n) is 9.95. The fraction of sp³-hybridized carbons (Fsp3) is 0.261. The number of likely N-dealkylation sites (tertiary alicyclic amines) is 1. The molecule has 0 spiro atoms. The van der Waals surface area contributed by atoms with Crippen molar-refractivity contribution in [2.24, 2.45) is 0 Å². The van der Waals surface area contributed by atoms with Gasteiger partial charge in [-0.2, -0.15) is 0 Å². The lowest BCUT2D eigenvalue weighted by Gasteiger charge is -2.33. The van der Waals surface area contributed by atoms with Crippen molar-refractivity contribution in [3.8, 4) is 11.5 Å². The standard InChI is InChI=1S/C23H23N3O4/c1-16-15-26(23(29)24-21(16)27)18-10-12-25(13-11-18)22(28)17-6-5-9-20(14-17)30-19-7-3-2-4-8-19/h2-9,14-15,18H,10-13H2,1H3,(H,24,27,29). The molecule has 1 aliphatic heterocycles. The number of rotatable bonds is 4. The molecule has 2 heterocycles. The molecule has 7 nitrogen and oxygen atoms in total. The van der Waals surface area contributed by atoms with Gasteiger partial charge in [-0.1, -0.05) is 24.3 Å². The molecule has 0 bridgehead atoms. The van der Waals surface area contributed by atoms with Crippen LogP contribution in [0.25, 0.3) is 0 Å². The number of hydrogen-bond donors (Lipinski definition) is 1. The van der Waals surface area contributed by atoms with Crippen LogP contribution in [0.1, 0.15) is 34.8 Å². The van der Waals surface area contributed by atoms with Gasteiger partial charge in [0.25, 0.3) is 11.5 Å². The van der Waals surface area contributed by atoms with Crippen LogP contribution in [0, 0.1) is 6.92 Å². The third-order valence-corrected chi connectivity index (χ3v) is 5.35. The van der Waals surface area contributed by atoms with E-state index in [0.29, 0.717) is 48.6 Å². The van der Waals surface area contributed by atoms with Gasteiger partial charge in [0.2, 0.25) is 0 Å². The summed E-state index contributed by atoms with van der Waals surface area (Å²) in [7, 11) is 0. The molecule has 0 atom stereocenters. The van der Waals surface area contributed by atoms with E-state index in [-0.39, 0.29) is 17.5 Å². The molecule has 154 valence electrons. The SMILES string of the molecule is Cc1cn(C2CCN(C(=O)c3cccc(Oc4ccccc4)c3)CC2)c(=O)[nH]c1=O. The van der Waals surface area contributed by atoms with Gasteiger partial charge in [0.1, 0.15) is 11.5 Å². The number of benzene rings is 2. The number of aromatic nitrogens is 2. The molecule has 0 radical (unpaired) electrons. The number of carbonyl (C=O) groups excluding carboxylic acids is 1. The zero-order chi connectivity index (χ0) is 21.1. The molecule has 1 aliphatic rings. The lowest BCUT2D eigenvalue weighted by Crippen LogP contribution is -2.42. The summed E-state index contributed by atoms with van der Waals surface area (Å²) in [6.45, 7) is 2.76. The minimum Gasteiger partial charge on any atom is -0.457 e. The number of H-pyrrole nitrogens is 1. The van der Waals surface area contributed by atoms with Crippen molar-refractivity contribution in [3.05, 3.63) is 92.8 Å². The summed E-state index contributed by atoms with van der Waals surface area (Å²) in [4.78, 5) is 40.8. The molecule has 30 heavy (non-hydrogen) atoms. The van der Waals surface area contributed by atoms with Crippen molar-refractivity contribution in [1.82, 2.24) is 14.5 Å². The van der Waals surface area contributed by atoms with Gasteiger partial charge in [0, 0.05) is 36.5 Å². The maximum Gasteiger partial charge on any atom is 0.328 e. The predicted octanol–water partition coefficient (Wildman–Crippen LogP) is 3.11. The Morgan fingerprint density at radius 1 is 1.00 bits per heavy atom. The van der Waals surface area contributed by atoms with Crippen LogP contribution in [0.5, 0.6) is 11.5 Å². The monoisotopic (exact) mass is 405 g/mol. The van der Waals surface area contributed by atoms with E-state index in [2.05, 4.69) is 4.98 Å². The maximum atomic E-state index is 13.0. The Labute approximate surface area is 173 Å². The first-order chi connectivity index (χ1) is 14.5. The van der Waals surface area contributed by atoms with Crippen LogP contribution in [-0.4, -0.2) is 33.4 Å². The van der Waals surface area contributed by atoms with Crippen LogP contribution in [0.15, 0.2) is 70.4 Å². The van der Waals surface area contributed by atoms with Gasteiger partial charge in [-0.25, -0.2) is 4.79 Å². The van der Waals surface area contributed by atoms with Crippen LogP contribution in [0.2, 0.25) is 0 Å². The van der Waals surface area contributed by atoms with Gasteiger partial charge in [0.15, 0.2) is 0 Å². The Morgan fingerprint density at radius 3 is 2.43 bits per heavy atom. The summed E-state index contributed by atoms with van der Waals surface area (Å²) in [6.07, 6.45) is 2.91. The van der Waals surface area contributed by atoms with Gasteiger partial charge >= 0.3 is 5.69 Å². The smallest absolute Gasteiger partial charge is 0.328 e. The summed E-state index contributed by atoms with van der Waals surface area (Å²) in [6, 6.07) is 16.5. The number of nitrogens with zero attached hydrogens (tertiary/aromatic N) is 2. The van der Waals surface area contributed by atoms with Crippen LogP contribution in [0.3, 0.4) is 0 Å². The van der Waals surface area contributed by atoms with Crippen molar-refractivity contribution in [3.63, 3.8) is 0 Å². The summed E-state index contributed by atoms with van der Waals surface area (Å²) in [5.74, 6) is 1.26. The second-order valence-electron chi connectivity index (χ2n) is 7.44. The number of hydrogen-bond acceptors (Lipinski definition) is 4. The molecule has 3 aromatic rings. The quantitative estimate of drug-likeness (QED) is 0.723. The first-order valence-corrected chi connectivity index (χ1v) is 9.95. The van der Waals surface area contributed by atoms with Gasteiger partial charge < -0.3 is 9.64 Å². The molecule has 1 fully saturated rings. The topological polar surface area (TPSA) is 84.4 Å². The van der Waals surface area contributed by atoms with Crippen LogP contribution < -0.4 is 16.0 Å². The zero-order valence-corrected chi connectivity index (χ0v) is 16.7. The summed E-state index contributed by atoms with van der Waals surface area (Å²) >= 11 is 0. The minimum atomic E-state index is -0.402. The molecular formula is C23H23N3O4. The molecule has 2 aromatic carbocycles. The maximum absolute atomic E-state index is 13.0. The van der Waals surface area contributed by atoms with Gasteiger partial charge in [0.05, 0.1) is 0 Å². The number of aromatic amines is 1. The van der Waals surface area contributed by atoms with Crippen molar-refractivity contribution in [2.75, 3.05) is 13.1 Å². The highest BCUT2D eigenvalue weighted by Gasteiger charge is 2.25. The second kappa shape index (κ2) is 8.41. The highest BCUT2D eigenvalue weighted by Crippen LogP contribution is 2.25. The lowest BCUT2D eigenvalue weighted by molar-refractivity contribution is 0.0692. The molecule has 7 heteroatoms. The van der Waals surface area contributed by atoms with E-state index in [0.717, 1.165) is 0 Å². The molecule has 1 saturated heterocycles. The van der Waals surface area contributed by atoms with Crippen LogP contribution >= 0.6 is 0 Å². The van der Waals surface area contributed by atoms with E-state index in [1.807, 2.05) is 36.4 Å². The van der Waals surface area contributed by atoms with Gasteiger partial charge in [-0.05, 0) is 50.1 Å².